The SMILES string of the molecule is C1CCOCC1.OCN1CCC1. The van der Waals surface area contributed by atoms with E-state index in [1.807, 2.05) is 4.90 Å². The van der Waals surface area contributed by atoms with Crippen molar-refractivity contribution in [3.8, 4) is 0 Å². The van der Waals surface area contributed by atoms with Gasteiger partial charge in [0.25, 0.3) is 0 Å². The molecule has 0 aromatic carbocycles. The summed E-state index contributed by atoms with van der Waals surface area (Å²) in [6, 6.07) is 0. The number of likely N-dealkylation sites (tertiary alicyclic amines) is 1. The number of rotatable bonds is 1. The summed E-state index contributed by atoms with van der Waals surface area (Å²) >= 11 is 0. The van der Waals surface area contributed by atoms with Gasteiger partial charge in [-0.1, -0.05) is 0 Å². The molecule has 0 spiro atoms. The molecule has 0 amide bonds. The highest BCUT2D eigenvalue weighted by atomic mass is 16.5. The van der Waals surface area contributed by atoms with Gasteiger partial charge in [-0.3, -0.25) is 4.90 Å². The molecule has 72 valence electrons. The second kappa shape index (κ2) is 6.40. The van der Waals surface area contributed by atoms with Gasteiger partial charge in [0, 0.05) is 26.3 Å². The number of aliphatic hydroxyl groups is 1. The topological polar surface area (TPSA) is 32.7 Å². The Morgan fingerprint density at radius 1 is 1.00 bits per heavy atom. The maximum absolute atomic E-state index is 8.31. The zero-order valence-electron chi connectivity index (χ0n) is 7.67. The molecule has 2 fully saturated rings. The van der Waals surface area contributed by atoms with Crippen LogP contribution in [0.5, 0.6) is 0 Å². The minimum Gasteiger partial charge on any atom is -0.381 e. The first kappa shape index (κ1) is 9.96. The highest BCUT2D eigenvalue weighted by Gasteiger charge is 2.09. The molecule has 2 rings (SSSR count). The Labute approximate surface area is 74.3 Å². The Hall–Kier alpha value is -0.120. The molecule has 3 nitrogen and oxygen atoms in total. The van der Waals surface area contributed by atoms with Crippen LogP contribution in [-0.4, -0.2) is 43.0 Å². The van der Waals surface area contributed by atoms with Crippen LogP contribution in [0.2, 0.25) is 0 Å². The molecule has 0 unspecified atom stereocenters. The highest BCUT2D eigenvalue weighted by molar-refractivity contribution is 4.62. The molecule has 2 heterocycles. The smallest absolute Gasteiger partial charge is 0.0956 e. The molecule has 0 aromatic heterocycles. The van der Waals surface area contributed by atoms with Crippen molar-refractivity contribution in [2.45, 2.75) is 25.7 Å². The monoisotopic (exact) mass is 173 g/mol. The third-order valence-corrected chi connectivity index (χ3v) is 2.23. The van der Waals surface area contributed by atoms with E-state index < -0.39 is 0 Å². The van der Waals surface area contributed by atoms with E-state index in [0.29, 0.717) is 0 Å². The molecule has 0 aliphatic carbocycles. The van der Waals surface area contributed by atoms with Crippen molar-refractivity contribution in [1.29, 1.82) is 0 Å². The van der Waals surface area contributed by atoms with Crippen molar-refractivity contribution in [2.75, 3.05) is 33.0 Å². The van der Waals surface area contributed by atoms with Crippen molar-refractivity contribution in [3.63, 3.8) is 0 Å². The number of hydrogen-bond donors (Lipinski definition) is 1. The Bertz CT molecular complexity index is 86.4. The van der Waals surface area contributed by atoms with Gasteiger partial charge >= 0.3 is 0 Å². The lowest BCUT2D eigenvalue weighted by atomic mass is 10.2. The summed E-state index contributed by atoms with van der Waals surface area (Å²) in [5.41, 5.74) is 0. The Morgan fingerprint density at radius 2 is 1.67 bits per heavy atom. The van der Waals surface area contributed by atoms with Gasteiger partial charge in [-0.15, -0.1) is 0 Å². The summed E-state index contributed by atoms with van der Waals surface area (Å²) < 4.78 is 5.07. The van der Waals surface area contributed by atoms with E-state index in [1.165, 1.54) is 25.7 Å². The van der Waals surface area contributed by atoms with E-state index in [2.05, 4.69) is 0 Å². The van der Waals surface area contributed by atoms with E-state index >= 15 is 0 Å². The molecule has 0 bridgehead atoms. The van der Waals surface area contributed by atoms with Gasteiger partial charge in [0.05, 0.1) is 6.73 Å². The average Bonchev–Trinajstić information content (AvgIpc) is 2.07. The fourth-order valence-corrected chi connectivity index (χ4v) is 1.21. The van der Waals surface area contributed by atoms with Gasteiger partial charge in [-0.05, 0) is 25.7 Å². The molecule has 2 saturated heterocycles. The maximum atomic E-state index is 8.31. The van der Waals surface area contributed by atoms with Gasteiger partial charge in [-0.25, -0.2) is 0 Å². The van der Waals surface area contributed by atoms with Crippen LogP contribution in [0.3, 0.4) is 0 Å². The van der Waals surface area contributed by atoms with Crippen LogP contribution in [0, 0.1) is 0 Å². The summed E-state index contributed by atoms with van der Waals surface area (Å²) in [7, 11) is 0. The second-order valence-electron chi connectivity index (χ2n) is 3.29. The van der Waals surface area contributed by atoms with Crippen molar-refractivity contribution in [1.82, 2.24) is 4.90 Å². The van der Waals surface area contributed by atoms with Crippen molar-refractivity contribution >= 4 is 0 Å². The lowest BCUT2D eigenvalue weighted by Crippen LogP contribution is -2.37. The van der Waals surface area contributed by atoms with Gasteiger partial charge in [0.1, 0.15) is 0 Å². The average molecular weight is 173 g/mol. The summed E-state index contributed by atoms with van der Waals surface area (Å²) in [5, 5.41) is 8.31. The first-order valence-electron chi connectivity index (χ1n) is 4.84. The van der Waals surface area contributed by atoms with Gasteiger partial charge < -0.3 is 9.84 Å². The third kappa shape index (κ3) is 4.04. The Balaban J connectivity index is 0.000000120. The molecular weight excluding hydrogens is 154 g/mol. The predicted octanol–water partition coefficient (Wildman–Crippen LogP) is 0.829. The molecule has 2 aliphatic heterocycles. The summed E-state index contributed by atoms with van der Waals surface area (Å²) in [4.78, 5) is 1.99. The molecule has 12 heavy (non-hydrogen) atoms. The molecule has 0 aromatic rings. The fraction of sp³-hybridized carbons (Fsp3) is 1.00. The van der Waals surface area contributed by atoms with Crippen molar-refractivity contribution in [3.05, 3.63) is 0 Å². The fourth-order valence-electron chi connectivity index (χ4n) is 1.21. The van der Waals surface area contributed by atoms with E-state index in [0.717, 1.165) is 26.3 Å². The van der Waals surface area contributed by atoms with E-state index in [-0.39, 0.29) is 6.73 Å². The van der Waals surface area contributed by atoms with Crippen molar-refractivity contribution < 1.29 is 9.84 Å². The highest BCUT2D eigenvalue weighted by Crippen LogP contribution is 2.02. The Kier molecular flexibility index (Phi) is 5.32. The van der Waals surface area contributed by atoms with Gasteiger partial charge in [0.15, 0.2) is 0 Å². The molecule has 0 radical (unpaired) electrons. The van der Waals surface area contributed by atoms with Gasteiger partial charge in [-0.2, -0.15) is 0 Å². The normalized spacial score (nSPS) is 23.8. The quantitative estimate of drug-likeness (QED) is 0.637. The van der Waals surface area contributed by atoms with Crippen LogP contribution in [0.1, 0.15) is 25.7 Å². The van der Waals surface area contributed by atoms with Crippen LogP contribution in [0.25, 0.3) is 0 Å². The van der Waals surface area contributed by atoms with Crippen LogP contribution >= 0.6 is 0 Å². The zero-order chi connectivity index (χ0) is 8.65. The number of hydrogen-bond acceptors (Lipinski definition) is 3. The molecule has 0 saturated carbocycles. The zero-order valence-corrected chi connectivity index (χ0v) is 7.67. The number of nitrogens with zero attached hydrogens (tertiary/aromatic N) is 1. The largest absolute Gasteiger partial charge is 0.381 e. The number of aliphatic hydroxyl groups excluding tert-OH is 1. The van der Waals surface area contributed by atoms with E-state index in [9.17, 15) is 0 Å². The van der Waals surface area contributed by atoms with Crippen molar-refractivity contribution in [2.24, 2.45) is 0 Å². The molecular formula is C9H19NO2. The molecule has 3 heteroatoms. The summed E-state index contributed by atoms with van der Waals surface area (Å²) in [6.07, 6.45) is 5.20. The van der Waals surface area contributed by atoms with Crippen LogP contribution in [-0.2, 0) is 4.74 Å². The van der Waals surface area contributed by atoms with Crippen LogP contribution in [0.15, 0.2) is 0 Å². The standard InChI is InChI=1S/C5H10O.C4H9NO/c1-2-4-6-5-3-1;6-4-5-2-1-3-5/h1-5H2;6H,1-4H2. The summed E-state index contributed by atoms with van der Waals surface area (Å²) in [6.45, 7) is 4.44. The number of ether oxygens (including phenoxy) is 1. The first-order valence-corrected chi connectivity index (χ1v) is 4.84. The molecule has 1 N–H and O–H groups in total. The maximum Gasteiger partial charge on any atom is 0.0956 e. The minimum atomic E-state index is 0.250. The van der Waals surface area contributed by atoms with Crippen LogP contribution < -0.4 is 0 Å². The second-order valence-corrected chi connectivity index (χ2v) is 3.29. The minimum absolute atomic E-state index is 0.250. The summed E-state index contributed by atoms with van der Waals surface area (Å²) in [5.74, 6) is 0. The predicted molar refractivity (Wildman–Crippen MR) is 47.9 cm³/mol. The Morgan fingerprint density at radius 3 is 1.75 bits per heavy atom. The lowest BCUT2D eigenvalue weighted by molar-refractivity contribution is 0.0576. The van der Waals surface area contributed by atoms with E-state index in [1.54, 1.807) is 0 Å². The molecule has 0 atom stereocenters. The third-order valence-electron chi connectivity index (χ3n) is 2.23. The van der Waals surface area contributed by atoms with Crippen LogP contribution in [0.4, 0.5) is 0 Å². The van der Waals surface area contributed by atoms with E-state index in [4.69, 9.17) is 9.84 Å². The lowest BCUT2D eigenvalue weighted by Gasteiger charge is -2.27. The first-order chi connectivity index (χ1) is 5.93. The van der Waals surface area contributed by atoms with Gasteiger partial charge in [0.2, 0.25) is 0 Å². The molecule has 2 aliphatic rings.